The van der Waals surface area contributed by atoms with Gasteiger partial charge in [0.25, 0.3) is 0 Å². The van der Waals surface area contributed by atoms with Gasteiger partial charge in [0, 0.05) is 0 Å². The van der Waals surface area contributed by atoms with Gasteiger partial charge in [-0.3, -0.25) is 0 Å². The van der Waals surface area contributed by atoms with E-state index in [4.69, 9.17) is 4.74 Å². The maximum atomic E-state index is 10.3. The molecule has 1 aliphatic heterocycles. The summed E-state index contributed by atoms with van der Waals surface area (Å²) >= 11 is 0. The van der Waals surface area contributed by atoms with E-state index >= 15 is 0 Å². The van der Waals surface area contributed by atoms with Crippen LogP contribution in [0.3, 0.4) is 0 Å². The van der Waals surface area contributed by atoms with Crippen LogP contribution in [0, 0.1) is 0 Å². The molecule has 1 saturated heterocycles. The molecule has 56 valence electrons. The summed E-state index contributed by atoms with van der Waals surface area (Å²) < 4.78 is 5.30. The smallest absolute Gasteiger partial charge is 0.148 e. The van der Waals surface area contributed by atoms with Crippen molar-refractivity contribution in [2.75, 3.05) is 0 Å². The van der Waals surface area contributed by atoms with Gasteiger partial charge in [-0.1, -0.05) is 6.08 Å². The van der Waals surface area contributed by atoms with Gasteiger partial charge in [0.05, 0.1) is 6.10 Å². The first-order valence-corrected chi connectivity index (χ1v) is 3.60. The Hall–Kier alpha value is -0.630. The monoisotopic (exact) mass is 140 g/mol. The topological polar surface area (TPSA) is 26.3 Å². The van der Waals surface area contributed by atoms with Gasteiger partial charge < -0.3 is 9.53 Å². The molecular formula is C8H12O2. The second-order valence-electron chi connectivity index (χ2n) is 2.52. The Morgan fingerprint density at radius 2 is 2.10 bits per heavy atom. The lowest BCUT2D eigenvalue weighted by Crippen LogP contribution is -2.26. The molecule has 0 aromatic rings. The highest BCUT2D eigenvalue weighted by Crippen LogP contribution is 2.17. The maximum absolute atomic E-state index is 10.3. The molecule has 2 atom stereocenters. The van der Waals surface area contributed by atoms with Gasteiger partial charge in [0.2, 0.25) is 0 Å². The van der Waals surface area contributed by atoms with Crippen LogP contribution in [-0.2, 0) is 9.53 Å². The second kappa shape index (κ2) is 3.52. The number of rotatable bonds is 2. The Bertz CT molecular complexity index is 117. The second-order valence-corrected chi connectivity index (χ2v) is 2.52. The molecule has 1 fully saturated rings. The summed E-state index contributed by atoms with van der Waals surface area (Å²) in [7, 11) is 0. The van der Waals surface area contributed by atoms with Crippen LogP contribution in [0.25, 0.3) is 0 Å². The fraction of sp³-hybridized carbons (Fsp3) is 0.625. The Morgan fingerprint density at radius 3 is 2.70 bits per heavy atom. The van der Waals surface area contributed by atoms with Crippen LogP contribution in [0.5, 0.6) is 0 Å². The number of ether oxygens (including phenoxy) is 1. The quantitative estimate of drug-likeness (QED) is 0.427. The van der Waals surface area contributed by atoms with Gasteiger partial charge in [0.15, 0.2) is 0 Å². The Labute approximate surface area is 60.9 Å². The third-order valence-electron chi connectivity index (χ3n) is 1.74. The molecule has 10 heavy (non-hydrogen) atoms. The van der Waals surface area contributed by atoms with Crippen LogP contribution in [-0.4, -0.2) is 18.5 Å². The van der Waals surface area contributed by atoms with E-state index in [1.165, 1.54) is 0 Å². The van der Waals surface area contributed by atoms with Crippen LogP contribution < -0.4 is 0 Å². The van der Waals surface area contributed by atoms with E-state index in [2.05, 4.69) is 6.58 Å². The molecule has 1 heterocycles. The minimum Gasteiger partial charge on any atom is -0.363 e. The molecule has 0 aliphatic carbocycles. The highest BCUT2D eigenvalue weighted by molar-refractivity contribution is 5.56. The van der Waals surface area contributed by atoms with Crippen molar-refractivity contribution in [2.45, 2.75) is 31.5 Å². The average Bonchev–Trinajstić information content (AvgIpc) is 2.05. The van der Waals surface area contributed by atoms with Crippen molar-refractivity contribution in [2.24, 2.45) is 0 Å². The summed E-state index contributed by atoms with van der Waals surface area (Å²) in [4.78, 5) is 10.3. The van der Waals surface area contributed by atoms with Crippen molar-refractivity contribution in [3.63, 3.8) is 0 Å². The van der Waals surface area contributed by atoms with Crippen LogP contribution in [0.4, 0.5) is 0 Å². The summed E-state index contributed by atoms with van der Waals surface area (Å²) in [5, 5.41) is 0. The van der Waals surface area contributed by atoms with Gasteiger partial charge in [-0.15, -0.1) is 6.58 Å². The molecule has 0 spiro atoms. The summed E-state index contributed by atoms with van der Waals surface area (Å²) in [6, 6.07) is 0. The fourth-order valence-electron chi connectivity index (χ4n) is 1.15. The highest BCUT2D eigenvalue weighted by atomic mass is 16.5. The first kappa shape index (κ1) is 7.48. The number of carbonyl (C=O) groups excluding carboxylic acids is 1. The summed E-state index contributed by atoms with van der Waals surface area (Å²) in [5.74, 6) is 0. The Balaban J connectivity index is 2.38. The Morgan fingerprint density at radius 1 is 1.40 bits per heavy atom. The van der Waals surface area contributed by atoms with E-state index in [9.17, 15) is 4.79 Å². The molecule has 0 N–H and O–H groups in total. The number of hydrogen-bond donors (Lipinski definition) is 0. The van der Waals surface area contributed by atoms with E-state index < -0.39 is 0 Å². The van der Waals surface area contributed by atoms with E-state index in [0.29, 0.717) is 0 Å². The first-order chi connectivity index (χ1) is 4.86. The lowest BCUT2D eigenvalue weighted by atomic mass is 10.1. The zero-order valence-corrected chi connectivity index (χ0v) is 5.95. The number of hydrogen-bond acceptors (Lipinski definition) is 2. The molecule has 0 saturated carbocycles. The lowest BCUT2D eigenvalue weighted by Gasteiger charge is -2.23. The fourth-order valence-corrected chi connectivity index (χ4v) is 1.15. The maximum Gasteiger partial charge on any atom is 0.148 e. The van der Waals surface area contributed by atoms with Crippen molar-refractivity contribution in [3.05, 3.63) is 12.7 Å². The van der Waals surface area contributed by atoms with Crippen LogP contribution >= 0.6 is 0 Å². The van der Waals surface area contributed by atoms with E-state index in [1.807, 2.05) is 0 Å². The van der Waals surface area contributed by atoms with Crippen LogP contribution in [0.15, 0.2) is 12.7 Å². The molecule has 1 aliphatic rings. The minimum atomic E-state index is -0.184. The van der Waals surface area contributed by atoms with Crippen molar-refractivity contribution < 1.29 is 9.53 Å². The zero-order chi connectivity index (χ0) is 7.40. The Kier molecular flexibility index (Phi) is 2.63. The molecule has 0 amide bonds. The predicted molar refractivity (Wildman–Crippen MR) is 38.8 cm³/mol. The van der Waals surface area contributed by atoms with E-state index in [0.717, 1.165) is 25.5 Å². The van der Waals surface area contributed by atoms with Crippen molar-refractivity contribution in [1.29, 1.82) is 0 Å². The van der Waals surface area contributed by atoms with E-state index in [-0.39, 0.29) is 12.2 Å². The summed E-state index contributed by atoms with van der Waals surface area (Å²) in [6.45, 7) is 3.61. The van der Waals surface area contributed by atoms with Crippen molar-refractivity contribution in [3.8, 4) is 0 Å². The van der Waals surface area contributed by atoms with Gasteiger partial charge in [-0.25, -0.2) is 0 Å². The highest BCUT2D eigenvalue weighted by Gasteiger charge is 2.18. The first-order valence-electron chi connectivity index (χ1n) is 3.60. The number of aldehydes is 1. The lowest BCUT2D eigenvalue weighted by molar-refractivity contribution is -0.123. The molecule has 0 bridgehead atoms. The summed E-state index contributed by atoms with van der Waals surface area (Å²) in [5.41, 5.74) is 0. The molecule has 1 rings (SSSR count). The molecule has 2 unspecified atom stereocenters. The molecule has 0 aromatic heterocycles. The molecule has 0 aromatic carbocycles. The normalized spacial score (nSPS) is 33.2. The van der Waals surface area contributed by atoms with Gasteiger partial charge in [-0.2, -0.15) is 0 Å². The van der Waals surface area contributed by atoms with Gasteiger partial charge in [0.1, 0.15) is 12.4 Å². The third kappa shape index (κ3) is 1.67. The van der Waals surface area contributed by atoms with E-state index in [1.54, 1.807) is 6.08 Å². The minimum absolute atomic E-state index is 0.101. The molecule has 2 nitrogen and oxygen atoms in total. The zero-order valence-electron chi connectivity index (χ0n) is 5.95. The van der Waals surface area contributed by atoms with Crippen molar-refractivity contribution >= 4 is 6.29 Å². The summed E-state index contributed by atoms with van der Waals surface area (Å²) in [6.07, 6.45) is 5.49. The molecule has 2 heteroatoms. The number of carbonyl (C=O) groups is 1. The van der Waals surface area contributed by atoms with Gasteiger partial charge in [-0.05, 0) is 19.3 Å². The predicted octanol–water partition coefficient (Wildman–Crippen LogP) is 1.31. The third-order valence-corrected chi connectivity index (χ3v) is 1.74. The standard InChI is InChI=1S/C8H12O2/c1-2-7-4-3-5-8(6-9)10-7/h2,6-8H,1,3-5H2. The largest absolute Gasteiger partial charge is 0.363 e. The van der Waals surface area contributed by atoms with Crippen LogP contribution in [0.2, 0.25) is 0 Å². The molecular weight excluding hydrogens is 128 g/mol. The van der Waals surface area contributed by atoms with Gasteiger partial charge >= 0.3 is 0 Å². The van der Waals surface area contributed by atoms with Crippen LogP contribution in [0.1, 0.15) is 19.3 Å². The molecule has 0 radical (unpaired) electrons. The average molecular weight is 140 g/mol. The van der Waals surface area contributed by atoms with Crippen molar-refractivity contribution in [1.82, 2.24) is 0 Å². The SMILES string of the molecule is C=CC1CCCC(C=O)O1.